The Labute approximate surface area is 190 Å². The maximum absolute atomic E-state index is 12.8. The minimum Gasteiger partial charge on any atom is -0.481 e. The van der Waals surface area contributed by atoms with E-state index in [-0.39, 0.29) is 5.91 Å². The average molecular weight is 451 g/mol. The third-order valence-corrected chi connectivity index (χ3v) is 5.20. The Kier molecular flexibility index (Phi) is 8.29. The quantitative estimate of drug-likeness (QED) is 0.284. The second-order valence-electron chi connectivity index (χ2n) is 7.60. The van der Waals surface area contributed by atoms with Gasteiger partial charge in [0.25, 0.3) is 5.91 Å². The Morgan fingerprint density at radius 1 is 1.09 bits per heavy atom. The van der Waals surface area contributed by atoms with Gasteiger partial charge in [0.05, 0.1) is 18.4 Å². The molecule has 1 unspecified atom stereocenters. The average Bonchev–Trinajstić information content (AvgIpc) is 3.29. The topological polar surface area (TPSA) is 139 Å². The van der Waals surface area contributed by atoms with Crippen LogP contribution in [-0.2, 0) is 14.4 Å². The van der Waals surface area contributed by atoms with Crippen molar-refractivity contribution in [1.82, 2.24) is 15.6 Å². The van der Waals surface area contributed by atoms with Gasteiger partial charge in [0.1, 0.15) is 11.8 Å². The first-order valence-corrected chi connectivity index (χ1v) is 10.6. The van der Waals surface area contributed by atoms with E-state index in [4.69, 9.17) is 9.52 Å². The van der Waals surface area contributed by atoms with Gasteiger partial charge in [-0.3, -0.25) is 14.4 Å². The summed E-state index contributed by atoms with van der Waals surface area (Å²) < 4.78 is 5.17. The van der Waals surface area contributed by atoms with Crippen LogP contribution in [0.15, 0.2) is 59.3 Å². The lowest BCUT2D eigenvalue weighted by Crippen LogP contribution is -2.40. The second-order valence-corrected chi connectivity index (χ2v) is 7.60. The molecule has 9 heteroatoms. The van der Waals surface area contributed by atoms with E-state index in [0.717, 1.165) is 5.56 Å². The van der Waals surface area contributed by atoms with Crippen molar-refractivity contribution in [3.05, 3.63) is 66.1 Å². The summed E-state index contributed by atoms with van der Waals surface area (Å²) in [5, 5.41) is 14.3. The smallest absolute Gasteiger partial charge is 0.305 e. The number of hydrogen-bond acceptors (Lipinski definition) is 6. The van der Waals surface area contributed by atoms with Crippen LogP contribution < -0.4 is 10.6 Å². The maximum atomic E-state index is 12.8. The summed E-state index contributed by atoms with van der Waals surface area (Å²) in [6.07, 6.45) is 3.05. The van der Waals surface area contributed by atoms with Gasteiger partial charge in [0, 0.05) is 12.1 Å². The van der Waals surface area contributed by atoms with E-state index in [1.807, 2.05) is 30.3 Å². The fourth-order valence-electron chi connectivity index (χ4n) is 3.52. The molecule has 3 N–H and O–H groups in total. The Hall–Kier alpha value is -4.01. The van der Waals surface area contributed by atoms with Crippen LogP contribution in [0.1, 0.15) is 47.5 Å². The summed E-state index contributed by atoms with van der Waals surface area (Å²) >= 11 is 0. The molecule has 9 nitrogen and oxygen atoms in total. The highest BCUT2D eigenvalue weighted by Gasteiger charge is 2.24. The standard InChI is InChI=1S/C24H25N3O6/c28-14-18(13-22(29)30)27-24(32)19(16-6-2-1-3-7-16)8-4-5-11-25-23(31)17-9-10-21-20(12-17)26-15-33-21/h1-3,6-7,9-10,12,14-15,18-19H,4-5,8,11,13H2,(H,25,31)(H,27,32)(H,29,30)/t18-,19?/m1/s1. The van der Waals surface area contributed by atoms with Crippen molar-refractivity contribution < 1.29 is 28.7 Å². The number of carbonyl (C=O) groups is 4. The molecule has 0 radical (unpaired) electrons. The van der Waals surface area contributed by atoms with Crippen LogP contribution in [0.3, 0.4) is 0 Å². The number of fused-ring (bicyclic) bond motifs is 1. The molecule has 2 atom stereocenters. The van der Waals surface area contributed by atoms with Gasteiger partial charge in [-0.2, -0.15) is 0 Å². The van der Waals surface area contributed by atoms with Crippen LogP contribution in [0.2, 0.25) is 0 Å². The van der Waals surface area contributed by atoms with E-state index >= 15 is 0 Å². The molecule has 0 spiro atoms. The summed E-state index contributed by atoms with van der Waals surface area (Å²) in [6.45, 7) is 0.425. The first kappa shape index (κ1) is 23.6. The molecular formula is C24H25N3O6. The van der Waals surface area contributed by atoms with E-state index in [2.05, 4.69) is 15.6 Å². The third kappa shape index (κ3) is 6.73. The van der Waals surface area contributed by atoms with Gasteiger partial charge < -0.3 is 25.0 Å². The van der Waals surface area contributed by atoms with Crippen molar-refractivity contribution in [2.45, 2.75) is 37.6 Å². The van der Waals surface area contributed by atoms with Crippen molar-refractivity contribution in [3.63, 3.8) is 0 Å². The summed E-state index contributed by atoms with van der Waals surface area (Å²) in [5.41, 5.74) is 2.48. The fourth-order valence-corrected chi connectivity index (χ4v) is 3.52. The summed E-state index contributed by atoms with van der Waals surface area (Å²) in [6, 6.07) is 13.0. The van der Waals surface area contributed by atoms with Gasteiger partial charge >= 0.3 is 5.97 Å². The van der Waals surface area contributed by atoms with E-state index in [0.29, 0.717) is 48.8 Å². The molecule has 0 aliphatic rings. The number of amides is 2. The number of unbranched alkanes of at least 4 members (excludes halogenated alkanes) is 1. The first-order valence-electron chi connectivity index (χ1n) is 10.6. The molecule has 3 aromatic rings. The van der Waals surface area contributed by atoms with Gasteiger partial charge in [0.2, 0.25) is 5.91 Å². The second kappa shape index (κ2) is 11.6. The monoisotopic (exact) mass is 451 g/mol. The van der Waals surface area contributed by atoms with Crippen molar-refractivity contribution >= 4 is 35.2 Å². The van der Waals surface area contributed by atoms with Crippen molar-refractivity contribution in [1.29, 1.82) is 0 Å². The first-order chi connectivity index (χ1) is 16.0. The zero-order chi connectivity index (χ0) is 23.6. The Bertz CT molecular complexity index is 1110. The van der Waals surface area contributed by atoms with Crippen LogP contribution in [0.25, 0.3) is 11.1 Å². The van der Waals surface area contributed by atoms with Crippen molar-refractivity contribution in [3.8, 4) is 0 Å². The Morgan fingerprint density at radius 2 is 1.88 bits per heavy atom. The SMILES string of the molecule is O=C[C@@H](CC(=O)O)NC(=O)C(CCCCNC(=O)c1ccc2ocnc2c1)c1ccccc1. The largest absolute Gasteiger partial charge is 0.481 e. The Morgan fingerprint density at radius 3 is 2.61 bits per heavy atom. The molecule has 1 heterocycles. The highest BCUT2D eigenvalue weighted by molar-refractivity contribution is 5.97. The van der Waals surface area contributed by atoms with Crippen LogP contribution >= 0.6 is 0 Å². The number of oxazole rings is 1. The Balaban J connectivity index is 1.52. The lowest BCUT2D eigenvalue weighted by molar-refractivity contribution is -0.138. The highest BCUT2D eigenvalue weighted by atomic mass is 16.4. The third-order valence-electron chi connectivity index (χ3n) is 5.20. The number of carbonyl (C=O) groups excluding carboxylic acids is 3. The molecule has 0 saturated heterocycles. The molecule has 0 fully saturated rings. The van der Waals surface area contributed by atoms with E-state index in [9.17, 15) is 19.2 Å². The number of carboxylic acids is 1. The fraction of sp³-hybridized carbons (Fsp3) is 0.292. The van der Waals surface area contributed by atoms with Crippen LogP contribution in [0, 0.1) is 0 Å². The molecule has 33 heavy (non-hydrogen) atoms. The molecular weight excluding hydrogens is 426 g/mol. The molecule has 0 bridgehead atoms. The number of nitrogens with one attached hydrogen (secondary N) is 2. The number of rotatable bonds is 12. The number of nitrogens with zero attached hydrogens (tertiary/aromatic N) is 1. The normalized spacial score (nSPS) is 12.6. The van der Waals surface area contributed by atoms with Gasteiger partial charge in [-0.25, -0.2) is 4.98 Å². The summed E-state index contributed by atoms with van der Waals surface area (Å²) in [4.78, 5) is 51.2. The zero-order valence-electron chi connectivity index (χ0n) is 17.9. The summed E-state index contributed by atoms with van der Waals surface area (Å²) in [5.74, 6) is -2.32. The van der Waals surface area contributed by atoms with Gasteiger partial charge in [-0.15, -0.1) is 0 Å². The minimum atomic E-state index is -1.16. The number of hydrogen-bond donors (Lipinski definition) is 3. The molecule has 0 aliphatic heterocycles. The zero-order valence-corrected chi connectivity index (χ0v) is 17.9. The molecule has 0 aliphatic carbocycles. The lowest BCUT2D eigenvalue weighted by Gasteiger charge is -2.19. The van der Waals surface area contributed by atoms with Crippen molar-refractivity contribution in [2.24, 2.45) is 0 Å². The predicted octanol–water partition coefficient (Wildman–Crippen LogP) is 2.67. The lowest BCUT2D eigenvalue weighted by atomic mass is 9.92. The van der Waals surface area contributed by atoms with E-state index in [1.165, 1.54) is 6.39 Å². The van der Waals surface area contributed by atoms with E-state index < -0.39 is 30.3 Å². The van der Waals surface area contributed by atoms with Crippen molar-refractivity contribution in [2.75, 3.05) is 6.54 Å². The highest BCUT2D eigenvalue weighted by Crippen LogP contribution is 2.22. The number of aromatic nitrogens is 1. The van der Waals surface area contributed by atoms with Crippen LogP contribution in [-0.4, -0.2) is 46.7 Å². The minimum absolute atomic E-state index is 0.222. The van der Waals surface area contributed by atoms with Gasteiger partial charge in [-0.1, -0.05) is 36.8 Å². The molecule has 1 aromatic heterocycles. The molecule has 0 saturated carbocycles. The molecule has 3 rings (SSSR count). The number of aldehydes is 1. The summed E-state index contributed by atoms with van der Waals surface area (Å²) in [7, 11) is 0. The molecule has 2 aromatic carbocycles. The van der Waals surface area contributed by atoms with Crippen LogP contribution in [0.5, 0.6) is 0 Å². The van der Waals surface area contributed by atoms with Crippen LogP contribution in [0.4, 0.5) is 0 Å². The maximum Gasteiger partial charge on any atom is 0.305 e. The molecule has 2 amide bonds. The van der Waals surface area contributed by atoms with Gasteiger partial charge in [0.15, 0.2) is 12.0 Å². The van der Waals surface area contributed by atoms with E-state index in [1.54, 1.807) is 18.2 Å². The predicted molar refractivity (Wildman–Crippen MR) is 120 cm³/mol. The number of aliphatic carboxylic acids is 1. The number of carboxylic acid groups (broad SMARTS) is 1. The molecule has 172 valence electrons. The number of benzene rings is 2. The van der Waals surface area contributed by atoms with Gasteiger partial charge in [-0.05, 0) is 36.6 Å².